The molecule has 5 heteroatoms. The van der Waals surface area contributed by atoms with Crippen molar-refractivity contribution < 1.29 is 19.4 Å². The van der Waals surface area contributed by atoms with Gasteiger partial charge in [0.2, 0.25) is 5.91 Å². The maximum Gasteiger partial charge on any atom is 0.511 e. The van der Waals surface area contributed by atoms with Gasteiger partial charge in [0.05, 0.1) is 0 Å². The number of carbonyl (C=O) groups is 2. The molecule has 0 heterocycles. The Bertz CT molecular complexity index is 331. The quantitative estimate of drug-likeness (QED) is 0.522. The van der Waals surface area contributed by atoms with Gasteiger partial charge in [0.1, 0.15) is 5.75 Å². The van der Waals surface area contributed by atoms with Crippen molar-refractivity contribution in [1.29, 1.82) is 0 Å². The number of ether oxygens (including phenoxy) is 1. The number of hydrogen-bond acceptors (Lipinski definition) is 3. The normalized spacial score (nSPS) is 9.23. The number of nitrogens with two attached hydrogens (primary N) is 1. The van der Waals surface area contributed by atoms with Crippen LogP contribution in [-0.4, -0.2) is 17.2 Å². The number of hydrogen-bond donors (Lipinski definition) is 2. The molecule has 3 N–H and O–H groups in total. The van der Waals surface area contributed by atoms with E-state index in [1.165, 1.54) is 24.3 Å². The van der Waals surface area contributed by atoms with E-state index in [1.807, 2.05) is 0 Å². The van der Waals surface area contributed by atoms with Crippen molar-refractivity contribution in [3.05, 3.63) is 29.8 Å². The first-order valence-electron chi connectivity index (χ1n) is 3.40. The van der Waals surface area contributed by atoms with Crippen molar-refractivity contribution in [3.63, 3.8) is 0 Å². The third kappa shape index (κ3) is 2.48. The van der Waals surface area contributed by atoms with Crippen molar-refractivity contribution in [2.24, 2.45) is 5.73 Å². The first-order chi connectivity index (χ1) is 6.09. The molecule has 5 nitrogen and oxygen atoms in total. The van der Waals surface area contributed by atoms with E-state index in [9.17, 15) is 9.59 Å². The van der Waals surface area contributed by atoms with Gasteiger partial charge in [0.25, 0.3) is 0 Å². The van der Waals surface area contributed by atoms with Crippen LogP contribution in [0.15, 0.2) is 24.3 Å². The minimum absolute atomic E-state index is 0.150. The predicted molar refractivity (Wildman–Crippen MR) is 43.6 cm³/mol. The van der Waals surface area contributed by atoms with Gasteiger partial charge in [-0.2, -0.15) is 0 Å². The molecule has 0 spiro atoms. The molecule has 1 amide bonds. The van der Waals surface area contributed by atoms with Crippen LogP contribution in [0.5, 0.6) is 5.75 Å². The van der Waals surface area contributed by atoms with Crippen molar-refractivity contribution in [3.8, 4) is 5.75 Å². The Morgan fingerprint density at radius 3 is 2.15 bits per heavy atom. The molecule has 0 aliphatic rings. The summed E-state index contributed by atoms with van der Waals surface area (Å²) in [6.07, 6.45) is -1.40. The minimum Gasteiger partial charge on any atom is -0.449 e. The first kappa shape index (κ1) is 9.05. The summed E-state index contributed by atoms with van der Waals surface area (Å²) in [5, 5.41) is 8.23. The second kappa shape index (κ2) is 3.57. The van der Waals surface area contributed by atoms with E-state index >= 15 is 0 Å². The highest BCUT2D eigenvalue weighted by Crippen LogP contribution is 2.11. The molecule has 0 atom stereocenters. The van der Waals surface area contributed by atoms with Gasteiger partial charge in [0, 0.05) is 5.56 Å². The minimum atomic E-state index is -1.40. The average molecular weight is 181 g/mol. The highest BCUT2D eigenvalue weighted by molar-refractivity contribution is 5.92. The lowest BCUT2D eigenvalue weighted by Crippen LogP contribution is -2.10. The molecule has 13 heavy (non-hydrogen) atoms. The smallest absolute Gasteiger partial charge is 0.449 e. The number of rotatable bonds is 2. The zero-order chi connectivity index (χ0) is 9.84. The fourth-order valence-electron chi connectivity index (χ4n) is 0.788. The van der Waals surface area contributed by atoms with E-state index in [2.05, 4.69) is 4.74 Å². The molecule has 0 aliphatic carbocycles. The van der Waals surface area contributed by atoms with Gasteiger partial charge in [-0.15, -0.1) is 0 Å². The number of benzene rings is 1. The van der Waals surface area contributed by atoms with Gasteiger partial charge in [-0.1, -0.05) is 0 Å². The molecule has 0 radical (unpaired) electrons. The van der Waals surface area contributed by atoms with Crippen LogP contribution < -0.4 is 10.5 Å². The molecule has 0 aliphatic heterocycles. The zero-order valence-electron chi connectivity index (χ0n) is 6.56. The van der Waals surface area contributed by atoms with Crippen LogP contribution in [0.2, 0.25) is 0 Å². The third-order valence-corrected chi connectivity index (χ3v) is 1.34. The lowest BCUT2D eigenvalue weighted by Gasteiger charge is -1.99. The second-order valence-corrected chi connectivity index (χ2v) is 2.26. The van der Waals surface area contributed by atoms with Crippen LogP contribution >= 0.6 is 0 Å². The molecule has 0 saturated heterocycles. The standard InChI is InChI=1S/C8H7NO4/c9-7(10)5-1-3-6(4-2-5)13-8(11)12/h1-4H,(H2,9,10)(H,11,12). The molecule has 1 aromatic carbocycles. The summed E-state index contributed by atoms with van der Waals surface area (Å²) in [7, 11) is 0. The number of carboxylic acid groups (broad SMARTS) is 1. The molecule has 68 valence electrons. The topological polar surface area (TPSA) is 89.6 Å². The van der Waals surface area contributed by atoms with Crippen LogP contribution in [-0.2, 0) is 0 Å². The molecule has 0 saturated carbocycles. The van der Waals surface area contributed by atoms with Crippen molar-refractivity contribution >= 4 is 12.1 Å². The summed E-state index contributed by atoms with van der Waals surface area (Å²) in [5.41, 5.74) is 5.27. The Kier molecular flexibility index (Phi) is 2.49. The van der Waals surface area contributed by atoms with E-state index in [4.69, 9.17) is 10.8 Å². The Morgan fingerprint density at radius 1 is 1.23 bits per heavy atom. The largest absolute Gasteiger partial charge is 0.511 e. The second-order valence-electron chi connectivity index (χ2n) is 2.26. The zero-order valence-corrected chi connectivity index (χ0v) is 6.56. The van der Waals surface area contributed by atoms with Crippen LogP contribution in [0.4, 0.5) is 4.79 Å². The summed E-state index contributed by atoms with van der Waals surface area (Å²) in [6, 6.07) is 5.49. The number of primary amides is 1. The first-order valence-corrected chi connectivity index (χ1v) is 3.40. The predicted octanol–water partition coefficient (Wildman–Crippen LogP) is 0.842. The Morgan fingerprint density at radius 2 is 1.77 bits per heavy atom. The van der Waals surface area contributed by atoms with Gasteiger partial charge in [0.15, 0.2) is 0 Å². The van der Waals surface area contributed by atoms with Gasteiger partial charge < -0.3 is 15.6 Å². The monoisotopic (exact) mass is 181 g/mol. The van der Waals surface area contributed by atoms with E-state index in [-0.39, 0.29) is 5.75 Å². The lowest BCUT2D eigenvalue weighted by molar-refractivity contribution is 0.100. The fraction of sp³-hybridized carbons (Fsp3) is 0. The molecule has 0 unspecified atom stereocenters. The SMILES string of the molecule is NC(=O)c1ccc(OC(=O)O)cc1. The Hall–Kier alpha value is -2.04. The number of amides is 1. The highest BCUT2D eigenvalue weighted by atomic mass is 16.7. The summed E-state index contributed by atoms with van der Waals surface area (Å²) < 4.78 is 4.31. The fourth-order valence-corrected chi connectivity index (χ4v) is 0.788. The maximum atomic E-state index is 10.6. The van der Waals surface area contributed by atoms with Crippen LogP contribution in [0, 0.1) is 0 Å². The van der Waals surface area contributed by atoms with Crippen LogP contribution in [0.3, 0.4) is 0 Å². The summed E-state index contributed by atoms with van der Waals surface area (Å²) >= 11 is 0. The molecular weight excluding hydrogens is 174 g/mol. The summed E-state index contributed by atoms with van der Waals surface area (Å²) in [5.74, 6) is -0.417. The average Bonchev–Trinajstić information content (AvgIpc) is 2.04. The van der Waals surface area contributed by atoms with E-state index in [1.54, 1.807) is 0 Å². The maximum absolute atomic E-state index is 10.6. The molecular formula is C8H7NO4. The highest BCUT2D eigenvalue weighted by Gasteiger charge is 2.02. The molecule has 0 fully saturated rings. The molecule has 1 aromatic rings. The molecule has 0 aromatic heterocycles. The van der Waals surface area contributed by atoms with Gasteiger partial charge in [-0.3, -0.25) is 4.79 Å². The van der Waals surface area contributed by atoms with E-state index in [0.717, 1.165) is 0 Å². The lowest BCUT2D eigenvalue weighted by atomic mass is 10.2. The summed E-state index contributed by atoms with van der Waals surface area (Å²) in [4.78, 5) is 20.7. The van der Waals surface area contributed by atoms with Gasteiger partial charge in [-0.05, 0) is 24.3 Å². The van der Waals surface area contributed by atoms with E-state index < -0.39 is 12.1 Å². The van der Waals surface area contributed by atoms with Crippen molar-refractivity contribution in [2.75, 3.05) is 0 Å². The van der Waals surface area contributed by atoms with Crippen LogP contribution in [0.25, 0.3) is 0 Å². The van der Waals surface area contributed by atoms with E-state index in [0.29, 0.717) is 5.56 Å². The Balaban J connectivity index is 2.81. The third-order valence-electron chi connectivity index (χ3n) is 1.34. The van der Waals surface area contributed by atoms with Crippen LogP contribution in [0.1, 0.15) is 10.4 Å². The molecule has 0 bridgehead atoms. The van der Waals surface area contributed by atoms with Gasteiger partial charge >= 0.3 is 6.16 Å². The number of carbonyl (C=O) groups excluding carboxylic acids is 1. The van der Waals surface area contributed by atoms with Crippen molar-refractivity contribution in [1.82, 2.24) is 0 Å². The van der Waals surface area contributed by atoms with Crippen molar-refractivity contribution in [2.45, 2.75) is 0 Å². The Labute approximate surface area is 73.7 Å². The molecule has 1 rings (SSSR count). The van der Waals surface area contributed by atoms with Gasteiger partial charge in [-0.25, -0.2) is 4.79 Å². The summed E-state index contributed by atoms with van der Waals surface area (Å²) in [6.45, 7) is 0.